The number of hydrogen-bond donors (Lipinski definition) is 1. The van der Waals surface area contributed by atoms with Crippen LogP contribution < -0.4 is 14.9 Å². The highest BCUT2D eigenvalue weighted by atomic mass is 32.1. The molecule has 0 spiro atoms. The molecule has 0 fully saturated rings. The van der Waals surface area contributed by atoms with E-state index in [1.165, 1.54) is 6.07 Å². The van der Waals surface area contributed by atoms with E-state index in [0.717, 1.165) is 22.2 Å². The van der Waals surface area contributed by atoms with E-state index in [2.05, 4.69) is 11.5 Å². The van der Waals surface area contributed by atoms with Gasteiger partial charge >= 0.3 is 0 Å². The summed E-state index contributed by atoms with van der Waals surface area (Å²) in [5.74, 6) is -0.536. The second-order valence-corrected chi connectivity index (χ2v) is 7.72. The first-order valence-electron chi connectivity index (χ1n) is 9.33. The first-order chi connectivity index (χ1) is 14.2. The topological polar surface area (TPSA) is 33.7 Å². The minimum atomic E-state index is -0.905. The van der Waals surface area contributed by atoms with Crippen LogP contribution in [0.3, 0.4) is 0 Å². The van der Waals surface area contributed by atoms with Crippen LogP contribution in [0.1, 0.15) is 35.2 Å². The van der Waals surface area contributed by atoms with Crippen molar-refractivity contribution in [3.05, 3.63) is 87.6 Å². The van der Waals surface area contributed by atoms with Gasteiger partial charge in [0.25, 0.3) is 0 Å². The van der Waals surface area contributed by atoms with Gasteiger partial charge in [0.05, 0.1) is 23.2 Å². The van der Waals surface area contributed by atoms with Crippen LogP contribution in [0.25, 0.3) is 5.70 Å². The highest BCUT2D eigenvalue weighted by Crippen LogP contribution is 2.49. The van der Waals surface area contributed by atoms with Crippen LogP contribution in [0.2, 0.25) is 0 Å². The molecule has 2 atom stereocenters. The fraction of sp³-hybridized carbons (Fsp3) is 0.182. The molecule has 1 aromatic heterocycles. The molecule has 2 aliphatic rings. The van der Waals surface area contributed by atoms with Gasteiger partial charge in [0, 0.05) is 11.1 Å². The van der Waals surface area contributed by atoms with Crippen LogP contribution in [-0.4, -0.2) is 11.6 Å². The molecule has 7 heteroatoms. The maximum Gasteiger partial charge on any atom is 0.196 e. The molecule has 1 N–H and O–H groups in total. The molecule has 2 unspecified atom stereocenters. The fourth-order valence-corrected chi connectivity index (χ4v) is 4.42. The maximum absolute atomic E-state index is 14.0. The van der Waals surface area contributed by atoms with E-state index >= 15 is 0 Å². The van der Waals surface area contributed by atoms with Gasteiger partial charge in [-0.15, -0.1) is 11.3 Å². The Hall–Kier alpha value is -2.90. The summed E-state index contributed by atoms with van der Waals surface area (Å²) in [6.07, 6.45) is 1.47. The average Bonchev–Trinajstić information content (AvgIpc) is 3.40. The Kier molecular flexibility index (Phi) is 4.49. The van der Waals surface area contributed by atoms with Crippen LogP contribution in [0.15, 0.2) is 60.0 Å². The minimum Gasteiger partial charge on any atom is -0.490 e. The molecule has 0 saturated heterocycles. The summed E-state index contributed by atoms with van der Waals surface area (Å²) in [6, 6.07) is 13.5. The Morgan fingerprint density at radius 1 is 1.14 bits per heavy atom. The maximum atomic E-state index is 14.0. The first kappa shape index (κ1) is 18.1. The van der Waals surface area contributed by atoms with Crippen LogP contribution >= 0.6 is 11.3 Å². The predicted octanol–water partition coefficient (Wildman–Crippen LogP) is 5.42. The molecule has 2 aromatic carbocycles. The molecule has 0 amide bonds. The number of hydrogen-bond acceptors (Lipinski definition) is 5. The lowest BCUT2D eigenvalue weighted by atomic mass is 10.0. The van der Waals surface area contributed by atoms with Crippen molar-refractivity contribution in [3.63, 3.8) is 0 Å². The number of nitrogens with one attached hydrogen (secondary N) is 1. The second-order valence-electron chi connectivity index (χ2n) is 6.77. The van der Waals surface area contributed by atoms with E-state index in [1.807, 2.05) is 47.6 Å². The number of hydrazine groups is 1. The van der Waals surface area contributed by atoms with Gasteiger partial charge in [-0.05, 0) is 42.6 Å². The molecular weight excluding hydrogens is 394 g/mol. The highest BCUT2D eigenvalue weighted by Gasteiger charge is 2.41. The molecule has 0 aliphatic carbocycles. The van der Waals surface area contributed by atoms with Crippen LogP contribution in [-0.2, 0) is 0 Å². The number of rotatable bonds is 4. The SMILES string of the molecule is CCOc1cccc2c1OC(c1ccc(F)c(F)c1)N1NC(c3cccs3)=CC21. The lowest BCUT2D eigenvalue weighted by Crippen LogP contribution is -2.43. The molecule has 29 heavy (non-hydrogen) atoms. The summed E-state index contributed by atoms with van der Waals surface area (Å²) >= 11 is 1.63. The zero-order chi connectivity index (χ0) is 20.0. The molecular formula is C22H18F2N2O2S. The number of thiophene rings is 1. The molecule has 0 saturated carbocycles. The molecule has 2 aliphatic heterocycles. The summed E-state index contributed by atoms with van der Waals surface area (Å²) in [4.78, 5) is 1.09. The van der Waals surface area contributed by atoms with Crippen LogP contribution in [0, 0.1) is 11.6 Å². The largest absolute Gasteiger partial charge is 0.490 e. The van der Waals surface area contributed by atoms with Gasteiger partial charge in [-0.1, -0.05) is 24.3 Å². The lowest BCUT2D eigenvalue weighted by molar-refractivity contribution is -0.0347. The summed E-state index contributed by atoms with van der Waals surface area (Å²) in [5.41, 5.74) is 5.81. The van der Waals surface area contributed by atoms with Gasteiger partial charge in [0.15, 0.2) is 29.4 Å². The van der Waals surface area contributed by atoms with E-state index in [-0.39, 0.29) is 6.04 Å². The Bertz CT molecular complexity index is 1080. The summed E-state index contributed by atoms with van der Waals surface area (Å²) < 4.78 is 39.5. The predicted molar refractivity (Wildman–Crippen MR) is 107 cm³/mol. The van der Waals surface area contributed by atoms with Crippen molar-refractivity contribution >= 4 is 17.0 Å². The smallest absolute Gasteiger partial charge is 0.196 e. The van der Waals surface area contributed by atoms with Crippen LogP contribution in [0.5, 0.6) is 11.5 Å². The number of ether oxygens (including phenoxy) is 2. The average molecular weight is 412 g/mol. The molecule has 0 bridgehead atoms. The van der Waals surface area contributed by atoms with E-state index in [9.17, 15) is 8.78 Å². The Balaban J connectivity index is 1.62. The second kappa shape index (κ2) is 7.17. The van der Waals surface area contributed by atoms with Crippen LogP contribution in [0.4, 0.5) is 8.78 Å². The third-order valence-corrected chi connectivity index (χ3v) is 5.90. The quantitative estimate of drug-likeness (QED) is 0.621. The molecule has 3 aromatic rings. The summed E-state index contributed by atoms with van der Waals surface area (Å²) in [6.45, 7) is 2.41. The van der Waals surface area contributed by atoms with Gasteiger partial charge in [-0.3, -0.25) is 0 Å². The highest BCUT2D eigenvalue weighted by molar-refractivity contribution is 7.11. The standard InChI is InChI=1S/C22H18F2N2O2S/c1-2-27-19-6-3-5-14-18-12-17(20-7-4-10-29-20)25-26(18)22(28-21(14)19)13-8-9-15(23)16(24)11-13/h3-12,18,22,25H,2H2,1H3. The molecule has 0 radical (unpaired) electrons. The minimum absolute atomic E-state index is 0.144. The van der Waals surface area contributed by atoms with Crippen molar-refractivity contribution in [2.24, 2.45) is 0 Å². The Labute approximate surface area is 171 Å². The van der Waals surface area contributed by atoms with Crippen molar-refractivity contribution in [2.75, 3.05) is 6.61 Å². The van der Waals surface area contributed by atoms with Crippen molar-refractivity contribution < 1.29 is 18.3 Å². The molecule has 148 valence electrons. The van der Waals surface area contributed by atoms with Gasteiger partial charge in [-0.25, -0.2) is 8.78 Å². The van der Waals surface area contributed by atoms with E-state index < -0.39 is 17.9 Å². The van der Waals surface area contributed by atoms with Gasteiger partial charge < -0.3 is 14.9 Å². The normalized spacial score (nSPS) is 20.3. The summed E-state index contributed by atoms with van der Waals surface area (Å²) in [7, 11) is 0. The Morgan fingerprint density at radius 2 is 2.03 bits per heavy atom. The number of para-hydroxylation sites is 1. The van der Waals surface area contributed by atoms with Crippen molar-refractivity contribution in [2.45, 2.75) is 19.2 Å². The third-order valence-electron chi connectivity index (χ3n) is 5.00. The molecule has 4 nitrogen and oxygen atoms in total. The van der Waals surface area contributed by atoms with Gasteiger partial charge in [-0.2, -0.15) is 5.01 Å². The summed E-state index contributed by atoms with van der Waals surface area (Å²) in [5, 5.41) is 3.93. The Morgan fingerprint density at radius 3 is 2.79 bits per heavy atom. The van der Waals surface area contributed by atoms with E-state index in [1.54, 1.807) is 17.4 Å². The van der Waals surface area contributed by atoms with Crippen molar-refractivity contribution in [1.82, 2.24) is 10.4 Å². The number of benzene rings is 2. The lowest BCUT2D eigenvalue weighted by Gasteiger charge is -2.39. The van der Waals surface area contributed by atoms with E-state index in [4.69, 9.17) is 9.47 Å². The van der Waals surface area contributed by atoms with Gasteiger partial charge in [0.2, 0.25) is 0 Å². The zero-order valence-electron chi connectivity index (χ0n) is 15.6. The fourth-order valence-electron chi connectivity index (χ4n) is 3.72. The molecule has 3 heterocycles. The third kappa shape index (κ3) is 3.07. The number of halogens is 2. The number of fused-ring (bicyclic) bond motifs is 3. The zero-order valence-corrected chi connectivity index (χ0v) is 16.4. The van der Waals surface area contributed by atoms with Gasteiger partial charge in [0.1, 0.15) is 0 Å². The van der Waals surface area contributed by atoms with Crippen molar-refractivity contribution in [3.8, 4) is 11.5 Å². The molecule has 5 rings (SSSR count). The monoisotopic (exact) mass is 412 g/mol. The first-order valence-corrected chi connectivity index (χ1v) is 10.2. The number of nitrogens with zero attached hydrogens (tertiary/aromatic N) is 1. The van der Waals surface area contributed by atoms with Crippen molar-refractivity contribution in [1.29, 1.82) is 0 Å². The van der Waals surface area contributed by atoms with E-state index in [0.29, 0.717) is 23.7 Å².